The first-order valence-electron chi connectivity index (χ1n) is 5.80. The number of pyridine rings is 1. The Hall–Kier alpha value is -0.890. The molecule has 0 spiro atoms. The molecule has 0 saturated heterocycles. The van der Waals surface area contributed by atoms with Crippen molar-refractivity contribution in [2.24, 2.45) is 5.92 Å². The summed E-state index contributed by atoms with van der Waals surface area (Å²) in [6, 6.07) is 4.73. The van der Waals surface area contributed by atoms with E-state index < -0.39 is 0 Å². The van der Waals surface area contributed by atoms with E-state index in [9.17, 15) is 0 Å². The standard InChI is InChI=1S/C13H22N2/c1-11(2)9-12(3)15-8-6-13-5-4-7-14-10-13/h4-5,7,10-12,15H,6,8-9H2,1-3H3. The number of hydrogen-bond acceptors (Lipinski definition) is 2. The van der Waals surface area contributed by atoms with E-state index in [4.69, 9.17) is 0 Å². The van der Waals surface area contributed by atoms with Crippen molar-refractivity contribution in [3.05, 3.63) is 30.1 Å². The molecule has 1 rings (SSSR count). The van der Waals surface area contributed by atoms with Gasteiger partial charge in [0.05, 0.1) is 0 Å². The average Bonchev–Trinajstić information content (AvgIpc) is 2.18. The van der Waals surface area contributed by atoms with Crippen molar-refractivity contribution < 1.29 is 0 Å². The van der Waals surface area contributed by atoms with Crippen LogP contribution in [0.2, 0.25) is 0 Å². The van der Waals surface area contributed by atoms with Crippen LogP contribution in [0.15, 0.2) is 24.5 Å². The zero-order chi connectivity index (χ0) is 11.1. The fourth-order valence-corrected chi connectivity index (χ4v) is 1.80. The smallest absolute Gasteiger partial charge is 0.0300 e. The van der Waals surface area contributed by atoms with Crippen molar-refractivity contribution in [1.29, 1.82) is 0 Å². The second-order valence-corrected chi connectivity index (χ2v) is 4.60. The van der Waals surface area contributed by atoms with E-state index in [1.807, 2.05) is 18.5 Å². The summed E-state index contributed by atoms with van der Waals surface area (Å²) in [7, 11) is 0. The highest BCUT2D eigenvalue weighted by Crippen LogP contribution is 2.04. The van der Waals surface area contributed by atoms with Crippen molar-refractivity contribution in [2.75, 3.05) is 6.54 Å². The summed E-state index contributed by atoms with van der Waals surface area (Å²) in [4.78, 5) is 4.10. The Bertz CT molecular complexity index is 256. The molecule has 0 radical (unpaired) electrons. The molecule has 0 aliphatic heterocycles. The quantitative estimate of drug-likeness (QED) is 0.774. The molecule has 1 heterocycles. The highest BCUT2D eigenvalue weighted by molar-refractivity contribution is 5.08. The van der Waals surface area contributed by atoms with Gasteiger partial charge in [0.2, 0.25) is 0 Å². The summed E-state index contributed by atoms with van der Waals surface area (Å²) in [5.41, 5.74) is 1.31. The highest BCUT2D eigenvalue weighted by Gasteiger charge is 2.03. The Kier molecular flexibility index (Phi) is 5.33. The molecule has 1 aromatic heterocycles. The summed E-state index contributed by atoms with van der Waals surface area (Å²) in [6.07, 6.45) is 6.07. The predicted molar refractivity (Wildman–Crippen MR) is 64.9 cm³/mol. The minimum Gasteiger partial charge on any atom is -0.314 e. The van der Waals surface area contributed by atoms with Gasteiger partial charge in [0.1, 0.15) is 0 Å². The first-order valence-corrected chi connectivity index (χ1v) is 5.80. The molecule has 1 unspecified atom stereocenters. The molecule has 0 aliphatic rings. The van der Waals surface area contributed by atoms with E-state index in [1.54, 1.807) is 0 Å². The molecule has 2 nitrogen and oxygen atoms in total. The van der Waals surface area contributed by atoms with Gasteiger partial charge in [-0.25, -0.2) is 0 Å². The van der Waals surface area contributed by atoms with Gasteiger partial charge in [0.25, 0.3) is 0 Å². The van der Waals surface area contributed by atoms with Crippen molar-refractivity contribution in [3.63, 3.8) is 0 Å². The lowest BCUT2D eigenvalue weighted by Crippen LogP contribution is -2.29. The van der Waals surface area contributed by atoms with Crippen LogP contribution in [-0.2, 0) is 6.42 Å². The van der Waals surface area contributed by atoms with Gasteiger partial charge >= 0.3 is 0 Å². The summed E-state index contributed by atoms with van der Waals surface area (Å²) >= 11 is 0. The number of aromatic nitrogens is 1. The fourth-order valence-electron chi connectivity index (χ4n) is 1.80. The summed E-state index contributed by atoms with van der Waals surface area (Å²) in [5, 5.41) is 3.53. The van der Waals surface area contributed by atoms with E-state index in [1.165, 1.54) is 12.0 Å². The van der Waals surface area contributed by atoms with Crippen molar-refractivity contribution in [2.45, 2.75) is 39.7 Å². The molecule has 1 aromatic rings. The maximum atomic E-state index is 4.10. The van der Waals surface area contributed by atoms with Gasteiger partial charge in [-0.1, -0.05) is 19.9 Å². The van der Waals surface area contributed by atoms with E-state index in [0.717, 1.165) is 18.9 Å². The Morgan fingerprint density at radius 2 is 2.13 bits per heavy atom. The van der Waals surface area contributed by atoms with Crippen molar-refractivity contribution >= 4 is 0 Å². The molecule has 84 valence electrons. The minimum atomic E-state index is 0.613. The second kappa shape index (κ2) is 6.57. The van der Waals surface area contributed by atoms with E-state index in [-0.39, 0.29) is 0 Å². The molecule has 0 saturated carbocycles. The van der Waals surface area contributed by atoms with E-state index in [2.05, 4.69) is 37.1 Å². The largest absolute Gasteiger partial charge is 0.314 e. The third kappa shape index (κ3) is 5.53. The van der Waals surface area contributed by atoms with Crippen LogP contribution in [0.5, 0.6) is 0 Å². The lowest BCUT2D eigenvalue weighted by molar-refractivity contribution is 0.444. The molecule has 2 heteroatoms. The number of rotatable bonds is 6. The van der Waals surface area contributed by atoms with Crippen molar-refractivity contribution in [1.82, 2.24) is 10.3 Å². The summed E-state index contributed by atoms with van der Waals surface area (Å²) < 4.78 is 0. The molecule has 1 atom stereocenters. The summed E-state index contributed by atoms with van der Waals surface area (Å²) in [6.45, 7) is 7.82. The van der Waals surface area contributed by atoms with Crippen LogP contribution in [0.25, 0.3) is 0 Å². The minimum absolute atomic E-state index is 0.613. The second-order valence-electron chi connectivity index (χ2n) is 4.60. The topological polar surface area (TPSA) is 24.9 Å². The molecule has 0 aliphatic carbocycles. The first kappa shape index (κ1) is 12.2. The zero-order valence-corrected chi connectivity index (χ0v) is 10.0. The van der Waals surface area contributed by atoms with Gasteiger partial charge in [-0.05, 0) is 43.9 Å². The monoisotopic (exact) mass is 206 g/mol. The Morgan fingerprint density at radius 3 is 2.73 bits per heavy atom. The Morgan fingerprint density at radius 1 is 1.33 bits per heavy atom. The number of nitrogens with one attached hydrogen (secondary N) is 1. The SMILES string of the molecule is CC(C)CC(C)NCCc1cccnc1. The van der Waals surface area contributed by atoms with E-state index >= 15 is 0 Å². The molecule has 1 N–H and O–H groups in total. The zero-order valence-electron chi connectivity index (χ0n) is 10.0. The molecular weight excluding hydrogens is 184 g/mol. The van der Waals surface area contributed by atoms with Gasteiger partial charge in [0, 0.05) is 18.4 Å². The maximum Gasteiger partial charge on any atom is 0.0300 e. The highest BCUT2D eigenvalue weighted by atomic mass is 14.9. The van der Waals surface area contributed by atoms with Gasteiger partial charge < -0.3 is 5.32 Å². The molecular formula is C13H22N2. The van der Waals surface area contributed by atoms with Gasteiger partial charge in [-0.3, -0.25) is 4.98 Å². The van der Waals surface area contributed by atoms with Crippen LogP contribution in [0.1, 0.15) is 32.8 Å². The maximum absolute atomic E-state index is 4.10. The molecule has 0 amide bonds. The van der Waals surface area contributed by atoms with Crippen LogP contribution in [0.3, 0.4) is 0 Å². The first-order chi connectivity index (χ1) is 7.18. The molecule has 0 aromatic carbocycles. The van der Waals surface area contributed by atoms with Gasteiger partial charge in [-0.2, -0.15) is 0 Å². The van der Waals surface area contributed by atoms with Crippen LogP contribution in [-0.4, -0.2) is 17.6 Å². The Balaban J connectivity index is 2.16. The third-order valence-corrected chi connectivity index (χ3v) is 2.45. The molecule has 0 bridgehead atoms. The lowest BCUT2D eigenvalue weighted by atomic mass is 10.1. The van der Waals surface area contributed by atoms with E-state index in [0.29, 0.717) is 6.04 Å². The normalized spacial score (nSPS) is 13.1. The predicted octanol–water partition coefficient (Wildman–Crippen LogP) is 2.65. The molecule has 0 fully saturated rings. The van der Waals surface area contributed by atoms with Crippen molar-refractivity contribution in [3.8, 4) is 0 Å². The average molecular weight is 206 g/mol. The fraction of sp³-hybridized carbons (Fsp3) is 0.615. The molecule has 15 heavy (non-hydrogen) atoms. The van der Waals surface area contributed by atoms with Crippen LogP contribution in [0, 0.1) is 5.92 Å². The number of nitrogens with zero attached hydrogens (tertiary/aromatic N) is 1. The third-order valence-electron chi connectivity index (χ3n) is 2.45. The Labute approximate surface area is 93.1 Å². The van der Waals surface area contributed by atoms with Gasteiger partial charge in [0.15, 0.2) is 0 Å². The summed E-state index contributed by atoms with van der Waals surface area (Å²) in [5.74, 6) is 0.769. The van der Waals surface area contributed by atoms with Crippen LogP contribution >= 0.6 is 0 Å². The number of hydrogen-bond donors (Lipinski definition) is 1. The lowest BCUT2D eigenvalue weighted by Gasteiger charge is -2.15. The van der Waals surface area contributed by atoms with Crippen LogP contribution in [0.4, 0.5) is 0 Å². The van der Waals surface area contributed by atoms with Crippen LogP contribution < -0.4 is 5.32 Å². The van der Waals surface area contributed by atoms with Gasteiger partial charge in [-0.15, -0.1) is 0 Å².